The largest absolute Gasteiger partial charge is 0.478 e. The number of nitrogens with one attached hydrogen (secondary N) is 1. The second kappa shape index (κ2) is 5.38. The van der Waals surface area contributed by atoms with Gasteiger partial charge in [0.1, 0.15) is 0 Å². The van der Waals surface area contributed by atoms with Crippen LogP contribution < -0.4 is 10.2 Å². The maximum absolute atomic E-state index is 11.2. The van der Waals surface area contributed by atoms with Gasteiger partial charge in [0.25, 0.3) is 0 Å². The van der Waals surface area contributed by atoms with E-state index in [4.69, 9.17) is 11.6 Å². The number of rotatable bonds is 2. The van der Waals surface area contributed by atoms with Gasteiger partial charge in [0.2, 0.25) is 0 Å². The molecule has 17 heavy (non-hydrogen) atoms. The minimum Gasteiger partial charge on any atom is -0.478 e. The van der Waals surface area contributed by atoms with Gasteiger partial charge in [0, 0.05) is 24.7 Å². The Morgan fingerprint density at radius 2 is 2.18 bits per heavy atom. The molecule has 0 bridgehead atoms. The standard InChI is InChI=1S/C12H15ClN2O2/c13-9-2-3-11(10(8-9)12(16)17)15-6-1-4-14-5-7-15/h2-3,8,14H,1,4-7H2,(H,16,17). The molecule has 1 aliphatic rings. The summed E-state index contributed by atoms with van der Waals surface area (Å²) < 4.78 is 0. The molecule has 1 aromatic rings. The average Bonchev–Trinajstić information content (AvgIpc) is 2.57. The van der Waals surface area contributed by atoms with Crippen LogP contribution in [0.1, 0.15) is 16.8 Å². The third-order valence-electron chi connectivity index (χ3n) is 2.87. The quantitative estimate of drug-likeness (QED) is 0.846. The Labute approximate surface area is 105 Å². The maximum atomic E-state index is 11.2. The number of anilines is 1. The number of aromatic carboxylic acids is 1. The summed E-state index contributed by atoms with van der Waals surface area (Å²) in [5.41, 5.74) is 1.03. The van der Waals surface area contributed by atoms with Crippen LogP contribution in [0.5, 0.6) is 0 Å². The topological polar surface area (TPSA) is 52.6 Å². The first-order chi connectivity index (χ1) is 8.18. The lowest BCUT2D eigenvalue weighted by Crippen LogP contribution is -2.29. The van der Waals surface area contributed by atoms with E-state index < -0.39 is 5.97 Å². The number of hydrogen-bond donors (Lipinski definition) is 2. The Bertz CT molecular complexity index is 415. The van der Waals surface area contributed by atoms with Gasteiger partial charge in [-0.25, -0.2) is 4.79 Å². The Morgan fingerprint density at radius 1 is 1.35 bits per heavy atom. The summed E-state index contributed by atoms with van der Waals surface area (Å²) in [5.74, 6) is -0.931. The Hall–Kier alpha value is -1.26. The molecule has 0 spiro atoms. The second-order valence-electron chi connectivity index (χ2n) is 4.06. The minimum atomic E-state index is -0.931. The molecule has 0 saturated carbocycles. The molecule has 5 heteroatoms. The zero-order valence-electron chi connectivity index (χ0n) is 9.45. The van der Waals surface area contributed by atoms with Crippen LogP contribution >= 0.6 is 11.6 Å². The molecule has 0 amide bonds. The van der Waals surface area contributed by atoms with E-state index in [2.05, 4.69) is 10.2 Å². The number of carboxylic acid groups (broad SMARTS) is 1. The van der Waals surface area contributed by atoms with Crippen LogP contribution in [0, 0.1) is 0 Å². The van der Waals surface area contributed by atoms with Gasteiger partial charge in [0.05, 0.1) is 11.3 Å². The van der Waals surface area contributed by atoms with Crippen molar-refractivity contribution in [1.82, 2.24) is 5.32 Å². The predicted molar refractivity (Wildman–Crippen MR) is 68.1 cm³/mol. The van der Waals surface area contributed by atoms with Crippen LogP contribution in [0.25, 0.3) is 0 Å². The third-order valence-corrected chi connectivity index (χ3v) is 3.10. The molecule has 0 unspecified atom stereocenters. The third kappa shape index (κ3) is 2.90. The number of halogens is 1. The number of carboxylic acids is 1. The van der Waals surface area contributed by atoms with Crippen molar-refractivity contribution < 1.29 is 9.90 Å². The van der Waals surface area contributed by atoms with E-state index in [1.54, 1.807) is 12.1 Å². The molecule has 1 heterocycles. The molecular formula is C12H15ClN2O2. The van der Waals surface area contributed by atoms with Gasteiger partial charge in [0.15, 0.2) is 0 Å². The average molecular weight is 255 g/mol. The van der Waals surface area contributed by atoms with Crippen molar-refractivity contribution in [2.45, 2.75) is 6.42 Å². The molecule has 0 aromatic heterocycles. The Morgan fingerprint density at radius 3 is 2.94 bits per heavy atom. The van der Waals surface area contributed by atoms with Gasteiger partial charge in [-0.2, -0.15) is 0 Å². The lowest BCUT2D eigenvalue weighted by atomic mass is 10.1. The maximum Gasteiger partial charge on any atom is 0.337 e. The number of carbonyl (C=O) groups is 1. The van der Waals surface area contributed by atoms with Crippen molar-refractivity contribution in [2.75, 3.05) is 31.1 Å². The summed E-state index contributed by atoms with van der Waals surface area (Å²) in [4.78, 5) is 13.3. The fourth-order valence-electron chi connectivity index (χ4n) is 2.04. The number of hydrogen-bond acceptors (Lipinski definition) is 3. The normalized spacial score (nSPS) is 16.6. The first-order valence-corrected chi connectivity index (χ1v) is 6.05. The molecule has 1 saturated heterocycles. The molecule has 0 atom stereocenters. The van der Waals surface area contributed by atoms with E-state index in [0.29, 0.717) is 5.02 Å². The van der Waals surface area contributed by atoms with Crippen molar-refractivity contribution in [3.05, 3.63) is 28.8 Å². The van der Waals surface area contributed by atoms with Crippen LogP contribution in [-0.2, 0) is 0 Å². The predicted octanol–water partition coefficient (Wildman–Crippen LogP) is 1.84. The molecule has 0 radical (unpaired) electrons. The summed E-state index contributed by atoms with van der Waals surface area (Å²) in [6, 6.07) is 5.04. The molecule has 92 valence electrons. The van der Waals surface area contributed by atoms with E-state index in [1.807, 2.05) is 0 Å². The van der Waals surface area contributed by atoms with Crippen molar-refractivity contribution >= 4 is 23.3 Å². The van der Waals surface area contributed by atoms with Gasteiger partial charge in [-0.05, 0) is 31.2 Å². The van der Waals surface area contributed by atoms with E-state index in [1.165, 1.54) is 6.07 Å². The van der Waals surface area contributed by atoms with Crippen molar-refractivity contribution in [1.29, 1.82) is 0 Å². The van der Waals surface area contributed by atoms with Gasteiger partial charge < -0.3 is 15.3 Å². The molecular weight excluding hydrogens is 240 g/mol. The fraction of sp³-hybridized carbons (Fsp3) is 0.417. The van der Waals surface area contributed by atoms with E-state index in [9.17, 15) is 9.90 Å². The zero-order valence-corrected chi connectivity index (χ0v) is 10.2. The lowest BCUT2D eigenvalue weighted by Gasteiger charge is -2.24. The molecule has 0 aliphatic carbocycles. The Balaban J connectivity index is 2.32. The molecule has 1 aromatic carbocycles. The van der Waals surface area contributed by atoms with E-state index >= 15 is 0 Å². The summed E-state index contributed by atoms with van der Waals surface area (Å²) in [6.45, 7) is 3.55. The zero-order chi connectivity index (χ0) is 12.3. The fourth-order valence-corrected chi connectivity index (χ4v) is 2.21. The summed E-state index contributed by atoms with van der Waals surface area (Å²) in [6.07, 6.45) is 1.02. The second-order valence-corrected chi connectivity index (χ2v) is 4.49. The van der Waals surface area contributed by atoms with Crippen LogP contribution in [0.2, 0.25) is 5.02 Å². The SMILES string of the molecule is O=C(O)c1cc(Cl)ccc1N1CCCNCC1. The number of nitrogens with zero attached hydrogens (tertiary/aromatic N) is 1. The van der Waals surface area contributed by atoms with Crippen molar-refractivity contribution in [3.8, 4) is 0 Å². The van der Waals surface area contributed by atoms with Gasteiger partial charge >= 0.3 is 5.97 Å². The highest BCUT2D eigenvalue weighted by molar-refractivity contribution is 6.31. The summed E-state index contributed by atoms with van der Waals surface area (Å²) in [7, 11) is 0. The summed E-state index contributed by atoms with van der Waals surface area (Å²) in [5, 5.41) is 12.9. The highest BCUT2D eigenvalue weighted by Gasteiger charge is 2.17. The molecule has 1 aliphatic heterocycles. The van der Waals surface area contributed by atoms with Gasteiger partial charge in [-0.1, -0.05) is 11.6 Å². The first-order valence-electron chi connectivity index (χ1n) is 5.67. The summed E-state index contributed by atoms with van der Waals surface area (Å²) >= 11 is 5.84. The van der Waals surface area contributed by atoms with Gasteiger partial charge in [-0.3, -0.25) is 0 Å². The lowest BCUT2D eigenvalue weighted by molar-refractivity contribution is 0.0697. The molecule has 1 fully saturated rings. The minimum absolute atomic E-state index is 0.277. The van der Waals surface area contributed by atoms with Crippen LogP contribution in [0.3, 0.4) is 0 Å². The van der Waals surface area contributed by atoms with E-state index in [-0.39, 0.29) is 5.56 Å². The smallest absolute Gasteiger partial charge is 0.337 e. The highest BCUT2D eigenvalue weighted by Crippen LogP contribution is 2.25. The van der Waals surface area contributed by atoms with E-state index in [0.717, 1.165) is 38.3 Å². The van der Waals surface area contributed by atoms with Crippen LogP contribution in [0.4, 0.5) is 5.69 Å². The van der Waals surface area contributed by atoms with Crippen molar-refractivity contribution in [2.24, 2.45) is 0 Å². The van der Waals surface area contributed by atoms with Crippen LogP contribution in [0.15, 0.2) is 18.2 Å². The molecule has 4 nitrogen and oxygen atoms in total. The molecule has 2 N–H and O–H groups in total. The van der Waals surface area contributed by atoms with Gasteiger partial charge in [-0.15, -0.1) is 0 Å². The monoisotopic (exact) mass is 254 g/mol. The molecule has 2 rings (SSSR count). The van der Waals surface area contributed by atoms with Crippen molar-refractivity contribution in [3.63, 3.8) is 0 Å². The van der Waals surface area contributed by atoms with Crippen LogP contribution in [-0.4, -0.2) is 37.3 Å². The number of benzene rings is 1. The Kier molecular flexibility index (Phi) is 3.86. The highest BCUT2D eigenvalue weighted by atomic mass is 35.5. The first kappa shape index (κ1) is 12.2.